The number of anilines is 1. The van der Waals surface area contributed by atoms with Gasteiger partial charge in [0.2, 0.25) is 5.91 Å². The van der Waals surface area contributed by atoms with Crippen molar-refractivity contribution in [2.45, 2.75) is 30.6 Å². The molecule has 32 heavy (non-hydrogen) atoms. The first kappa shape index (κ1) is 22.0. The van der Waals surface area contributed by atoms with E-state index in [4.69, 9.17) is 4.74 Å². The highest BCUT2D eigenvalue weighted by atomic mass is 32.2. The van der Waals surface area contributed by atoms with Crippen molar-refractivity contribution >= 4 is 40.2 Å². The SMILES string of the molecule is COC(=O)c1ccc(NC(=O)CSc2nc3ccccc3c(=O)n2CC2CCCO2)cc1. The smallest absolute Gasteiger partial charge is 0.337 e. The molecule has 2 heterocycles. The summed E-state index contributed by atoms with van der Waals surface area (Å²) in [5, 5.41) is 3.82. The maximum atomic E-state index is 13.1. The molecular formula is C23H23N3O5S. The minimum absolute atomic E-state index is 0.0304. The summed E-state index contributed by atoms with van der Waals surface area (Å²) < 4.78 is 12.0. The van der Waals surface area contributed by atoms with Gasteiger partial charge in [-0.2, -0.15) is 0 Å². The number of thioether (sulfide) groups is 1. The molecule has 1 amide bonds. The van der Waals surface area contributed by atoms with Crippen LogP contribution in [-0.4, -0.2) is 47.0 Å². The summed E-state index contributed by atoms with van der Waals surface area (Å²) in [7, 11) is 1.31. The summed E-state index contributed by atoms with van der Waals surface area (Å²) in [5.41, 5.74) is 1.43. The summed E-state index contributed by atoms with van der Waals surface area (Å²) in [5.74, 6) is -0.605. The molecular weight excluding hydrogens is 430 g/mol. The Bertz CT molecular complexity index is 1190. The van der Waals surface area contributed by atoms with Crippen LogP contribution < -0.4 is 10.9 Å². The second-order valence-corrected chi connectivity index (χ2v) is 8.31. The third-order valence-electron chi connectivity index (χ3n) is 5.16. The largest absolute Gasteiger partial charge is 0.465 e. The van der Waals surface area contributed by atoms with E-state index in [1.165, 1.54) is 18.9 Å². The molecule has 0 bridgehead atoms. The Balaban J connectivity index is 1.49. The number of ether oxygens (including phenoxy) is 2. The number of methoxy groups -OCH3 is 1. The standard InChI is InChI=1S/C23H23N3O5S/c1-30-22(29)15-8-10-16(11-9-15)24-20(27)14-32-23-25-19-7-3-2-6-18(19)21(28)26(23)13-17-5-4-12-31-17/h2-3,6-11,17H,4-5,12-14H2,1H3,(H,24,27). The van der Waals surface area contributed by atoms with E-state index in [-0.39, 0.29) is 23.3 Å². The van der Waals surface area contributed by atoms with E-state index in [1.54, 1.807) is 41.0 Å². The molecule has 4 rings (SSSR count). The van der Waals surface area contributed by atoms with E-state index >= 15 is 0 Å². The van der Waals surface area contributed by atoms with Gasteiger partial charge in [-0.15, -0.1) is 0 Å². The van der Waals surface area contributed by atoms with Crippen molar-refractivity contribution in [1.82, 2.24) is 9.55 Å². The van der Waals surface area contributed by atoms with Gasteiger partial charge in [0.05, 0.1) is 42.0 Å². The van der Waals surface area contributed by atoms with Crippen molar-refractivity contribution in [3.63, 3.8) is 0 Å². The Morgan fingerprint density at radius 1 is 1.22 bits per heavy atom. The third-order valence-corrected chi connectivity index (χ3v) is 6.14. The normalized spacial score (nSPS) is 15.6. The first-order chi connectivity index (χ1) is 15.5. The number of hydrogen-bond donors (Lipinski definition) is 1. The topological polar surface area (TPSA) is 99.5 Å². The van der Waals surface area contributed by atoms with E-state index < -0.39 is 5.97 Å². The number of aromatic nitrogens is 2. The van der Waals surface area contributed by atoms with Crippen LogP contribution in [0.2, 0.25) is 0 Å². The zero-order chi connectivity index (χ0) is 22.5. The molecule has 1 aromatic heterocycles. The van der Waals surface area contributed by atoms with Crippen LogP contribution in [0.25, 0.3) is 10.9 Å². The van der Waals surface area contributed by atoms with Gasteiger partial charge < -0.3 is 14.8 Å². The summed E-state index contributed by atoms with van der Waals surface area (Å²) in [6.07, 6.45) is 1.84. The quantitative estimate of drug-likeness (QED) is 0.333. The highest BCUT2D eigenvalue weighted by Crippen LogP contribution is 2.21. The van der Waals surface area contributed by atoms with Crippen LogP contribution in [0, 0.1) is 0 Å². The zero-order valence-corrected chi connectivity index (χ0v) is 18.4. The average Bonchev–Trinajstić information content (AvgIpc) is 3.33. The number of carbonyl (C=O) groups excluding carboxylic acids is 2. The van der Waals surface area contributed by atoms with Crippen LogP contribution in [0.3, 0.4) is 0 Å². The minimum Gasteiger partial charge on any atom is -0.465 e. The number of fused-ring (bicyclic) bond motifs is 1. The molecule has 0 aliphatic carbocycles. The second kappa shape index (κ2) is 9.97. The molecule has 1 N–H and O–H groups in total. The number of hydrogen-bond acceptors (Lipinski definition) is 7. The van der Waals surface area contributed by atoms with Gasteiger partial charge in [-0.25, -0.2) is 9.78 Å². The lowest BCUT2D eigenvalue weighted by atomic mass is 10.2. The summed E-state index contributed by atoms with van der Waals surface area (Å²) in [6, 6.07) is 13.6. The molecule has 0 radical (unpaired) electrons. The molecule has 1 saturated heterocycles. The van der Waals surface area contributed by atoms with Gasteiger partial charge in [0.25, 0.3) is 5.56 Å². The number of nitrogens with one attached hydrogen (secondary N) is 1. The predicted octanol–water partition coefficient (Wildman–Crippen LogP) is 3.09. The minimum atomic E-state index is -0.440. The van der Waals surface area contributed by atoms with Crippen LogP contribution in [0.5, 0.6) is 0 Å². The van der Waals surface area contributed by atoms with E-state index in [0.29, 0.717) is 40.5 Å². The fraction of sp³-hybridized carbons (Fsp3) is 0.304. The van der Waals surface area contributed by atoms with E-state index in [1.807, 2.05) is 12.1 Å². The van der Waals surface area contributed by atoms with Crippen molar-refractivity contribution in [3.05, 3.63) is 64.4 Å². The lowest BCUT2D eigenvalue weighted by molar-refractivity contribution is -0.113. The number of rotatable bonds is 7. The van der Waals surface area contributed by atoms with Crippen LogP contribution in [0.1, 0.15) is 23.2 Å². The molecule has 8 nitrogen and oxygen atoms in total. The Hall–Kier alpha value is -3.17. The van der Waals surface area contributed by atoms with Gasteiger partial charge in [-0.1, -0.05) is 23.9 Å². The summed E-state index contributed by atoms with van der Waals surface area (Å²) >= 11 is 1.21. The van der Waals surface area contributed by atoms with Crippen molar-refractivity contribution in [2.75, 3.05) is 24.8 Å². The van der Waals surface area contributed by atoms with E-state index in [0.717, 1.165) is 12.8 Å². The summed E-state index contributed by atoms with van der Waals surface area (Å²) in [4.78, 5) is 41.8. The number of nitrogens with zero attached hydrogens (tertiary/aromatic N) is 2. The number of esters is 1. The lowest BCUT2D eigenvalue weighted by Crippen LogP contribution is -2.29. The first-order valence-corrected chi connectivity index (χ1v) is 11.3. The fourth-order valence-corrected chi connectivity index (χ4v) is 4.35. The monoisotopic (exact) mass is 453 g/mol. The molecule has 0 saturated carbocycles. The molecule has 3 aromatic rings. The molecule has 0 spiro atoms. The van der Waals surface area contributed by atoms with Crippen LogP contribution in [0.15, 0.2) is 58.5 Å². The molecule has 9 heteroatoms. The highest BCUT2D eigenvalue weighted by Gasteiger charge is 2.20. The molecule has 1 aliphatic rings. The van der Waals surface area contributed by atoms with Gasteiger partial charge >= 0.3 is 5.97 Å². The van der Waals surface area contributed by atoms with Gasteiger partial charge in [0.1, 0.15) is 0 Å². The molecule has 1 aliphatic heterocycles. The second-order valence-electron chi connectivity index (χ2n) is 7.37. The maximum Gasteiger partial charge on any atom is 0.337 e. The predicted molar refractivity (Wildman–Crippen MR) is 122 cm³/mol. The Morgan fingerprint density at radius 2 is 2.00 bits per heavy atom. The van der Waals surface area contributed by atoms with Crippen LogP contribution in [-0.2, 0) is 20.8 Å². The van der Waals surface area contributed by atoms with E-state index in [9.17, 15) is 14.4 Å². The van der Waals surface area contributed by atoms with Gasteiger partial charge in [-0.05, 0) is 49.2 Å². The lowest BCUT2D eigenvalue weighted by Gasteiger charge is -2.16. The molecule has 1 atom stereocenters. The first-order valence-electron chi connectivity index (χ1n) is 10.3. The van der Waals surface area contributed by atoms with Crippen LogP contribution >= 0.6 is 11.8 Å². The third kappa shape index (κ3) is 5.00. The van der Waals surface area contributed by atoms with Gasteiger partial charge in [0, 0.05) is 12.3 Å². The number of para-hydroxylation sites is 1. The Labute approximate surface area is 188 Å². The van der Waals surface area contributed by atoms with Gasteiger partial charge in [0.15, 0.2) is 5.16 Å². The summed E-state index contributed by atoms with van der Waals surface area (Å²) in [6.45, 7) is 1.11. The van der Waals surface area contributed by atoms with Crippen molar-refractivity contribution in [3.8, 4) is 0 Å². The maximum absolute atomic E-state index is 13.1. The van der Waals surface area contributed by atoms with E-state index in [2.05, 4.69) is 15.0 Å². The number of carbonyl (C=O) groups is 2. The fourth-order valence-electron chi connectivity index (χ4n) is 3.55. The zero-order valence-electron chi connectivity index (χ0n) is 17.6. The highest BCUT2D eigenvalue weighted by molar-refractivity contribution is 7.99. The van der Waals surface area contributed by atoms with Crippen molar-refractivity contribution < 1.29 is 19.1 Å². The van der Waals surface area contributed by atoms with Crippen molar-refractivity contribution in [1.29, 1.82) is 0 Å². The average molecular weight is 454 g/mol. The Kier molecular flexibility index (Phi) is 6.87. The Morgan fingerprint density at radius 3 is 2.72 bits per heavy atom. The van der Waals surface area contributed by atoms with Crippen molar-refractivity contribution in [2.24, 2.45) is 0 Å². The molecule has 1 unspecified atom stereocenters. The van der Waals surface area contributed by atoms with Crippen LogP contribution in [0.4, 0.5) is 5.69 Å². The number of amides is 1. The van der Waals surface area contributed by atoms with Gasteiger partial charge in [-0.3, -0.25) is 14.2 Å². The molecule has 1 fully saturated rings. The molecule has 166 valence electrons. The number of benzene rings is 2. The molecule has 2 aromatic carbocycles.